The highest BCUT2D eigenvalue weighted by Gasteiger charge is 2.37. The van der Waals surface area contributed by atoms with E-state index in [1.807, 2.05) is 48.9 Å². The molecule has 4 aromatic rings. The Hall–Kier alpha value is -3.62. The molecule has 2 aromatic carbocycles. The molecule has 166 valence electrons. The quantitative estimate of drug-likeness (QED) is 0.487. The summed E-state index contributed by atoms with van der Waals surface area (Å²) in [7, 11) is 0. The van der Waals surface area contributed by atoms with Gasteiger partial charge in [-0.25, -0.2) is 9.67 Å². The van der Waals surface area contributed by atoms with Crippen molar-refractivity contribution in [3.63, 3.8) is 0 Å². The third-order valence-electron chi connectivity index (χ3n) is 5.14. The van der Waals surface area contributed by atoms with Crippen molar-refractivity contribution in [1.82, 2.24) is 24.6 Å². The maximum atomic E-state index is 13.4. The van der Waals surface area contributed by atoms with E-state index in [2.05, 4.69) is 15.4 Å². The normalized spacial score (nSPS) is 11.8. The van der Waals surface area contributed by atoms with Gasteiger partial charge in [-0.15, -0.1) is 0 Å². The minimum atomic E-state index is -4.65. The van der Waals surface area contributed by atoms with Gasteiger partial charge in [0, 0.05) is 12.2 Å². The first-order chi connectivity index (χ1) is 15.2. The lowest BCUT2D eigenvalue weighted by Gasteiger charge is -2.12. The van der Waals surface area contributed by atoms with E-state index in [0.29, 0.717) is 13.0 Å². The van der Waals surface area contributed by atoms with Gasteiger partial charge in [0.05, 0.1) is 22.4 Å². The molecular formula is C23H22F3N5O. The number of para-hydroxylation sites is 2. The fourth-order valence-electron chi connectivity index (χ4n) is 3.69. The number of halogens is 3. The topological polar surface area (TPSA) is 64.7 Å². The van der Waals surface area contributed by atoms with Crippen LogP contribution in [0.4, 0.5) is 13.2 Å². The Morgan fingerprint density at radius 3 is 2.44 bits per heavy atom. The number of nitrogens with one attached hydrogen (secondary N) is 1. The van der Waals surface area contributed by atoms with Gasteiger partial charge in [-0.05, 0) is 56.2 Å². The molecule has 0 spiro atoms. The summed E-state index contributed by atoms with van der Waals surface area (Å²) in [6.45, 7) is 3.78. The first kappa shape index (κ1) is 21.6. The van der Waals surface area contributed by atoms with Crippen molar-refractivity contribution in [2.45, 2.75) is 33.0 Å². The molecule has 6 nitrogen and oxygen atoms in total. The average molecular weight is 441 g/mol. The number of fused-ring (bicyclic) bond motifs is 1. The van der Waals surface area contributed by atoms with Crippen LogP contribution in [-0.4, -0.2) is 31.8 Å². The van der Waals surface area contributed by atoms with Crippen molar-refractivity contribution in [3.05, 3.63) is 77.4 Å². The van der Waals surface area contributed by atoms with Crippen LogP contribution in [0.1, 0.15) is 22.8 Å². The number of hydrogen-bond acceptors (Lipinski definition) is 3. The van der Waals surface area contributed by atoms with Gasteiger partial charge in [-0.1, -0.05) is 24.3 Å². The number of benzene rings is 2. The van der Waals surface area contributed by atoms with Gasteiger partial charge in [0.1, 0.15) is 6.54 Å². The minimum Gasteiger partial charge on any atom is -0.354 e. The molecule has 1 N–H and O–H groups in total. The molecule has 0 fully saturated rings. The second-order valence-corrected chi connectivity index (χ2v) is 7.61. The molecule has 1 amide bonds. The standard InChI is InChI=1S/C23H22F3N5O/c1-15-13-16(2)31(29-15)18-9-7-17(8-10-18)11-12-27-21(32)14-30-20-6-4-3-5-19(20)28-22(30)23(24,25)26/h3-10,13H,11-12,14H2,1-2H3,(H,27,32). The van der Waals surface area contributed by atoms with Gasteiger partial charge in [0.25, 0.3) is 0 Å². The van der Waals surface area contributed by atoms with Crippen LogP contribution in [0.3, 0.4) is 0 Å². The van der Waals surface area contributed by atoms with E-state index in [4.69, 9.17) is 0 Å². The molecule has 32 heavy (non-hydrogen) atoms. The molecule has 0 radical (unpaired) electrons. The predicted octanol–water partition coefficient (Wildman–Crippen LogP) is 4.22. The second-order valence-electron chi connectivity index (χ2n) is 7.61. The summed E-state index contributed by atoms with van der Waals surface area (Å²) in [4.78, 5) is 16.0. The van der Waals surface area contributed by atoms with Gasteiger partial charge in [-0.3, -0.25) is 4.79 Å². The molecule has 0 unspecified atom stereocenters. The van der Waals surface area contributed by atoms with Gasteiger partial charge in [-0.2, -0.15) is 18.3 Å². The number of carbonyl (C=O) groups is 1. The van der Waals surface area contributed by atoms with Crippen LogP contribution in [0, 0.1) is 13.8 Å². The number of alkyl halides is 3. The maximum absolute atomic E-state index is 13.4. The zero-order valence-corrected chi connectivity index (χ0v) is 17.6. The molecule has 4 rings (SSSR count). The highest BCUT2D eigenvalue weighted by Crippen LogP contribution is 2.31. The Morgan fingerprint density at radius 1 is 1.06 bits per heavy atom. The predicted molar refractivity (Wildman–Crippen MR) is 114 cm³/mol. The number of rotatable bonds is 6. The molecule has 2 aromatic heterocycles. The minimum absolute atomic E-state index is 0.204. The van der Waals surface area contributed by atoms with E-state index in [1.165, 1.54) is 12.1 Å². The number of aryl methyl sites for hydroxylation is 2. The number of carbonyl (C=O) groups excluding carboxylic acids is 1. The van der Waals surface area contributed by atoms with E-state index in [-0.39, 0.29) is 11.0 Å². The van der Waals surface area contributed by atoms with Crippen LogP contribution in [0.5, 0.6) is 0 Å². The highest BCUT2D eigenvalue weighted by atomic mass is 19.4. The zero-order valence-electron chi connectivity index (χ0n) is 17.6. The maximum Gasteiger partial charge on any atom is 0.449 e. The largest absolute Gasteiger partial charge is 0.449 e. The molecular weight excluding hydrogens is 419 g/mol. The van der Waals surface area contributed by atoms with Gasteiger partial charge in [0.15, 0.2) is 0 Å². The number of nitrogens with zero attached hydrogens (tertiary/aromatic N) is 4. The summed E-state index contributed by atoms with van der Waals surface area (Å²) >= 11 is 0. The lowest BCUT2D eigenvalue weighted by atomic mass is 10.1. The first-order valence-electron chi connectivity index (χ1n) is 10.1. The van der Waals surface area contributed by atoms with Crippen molar-refractivity contribution in [1.29, 1.82) is 0 Å². The van der Waals surface area contributed by atoms with Crippen LogP contribution in [0.25, 0.3) is 16.7 Å². The molecule has 0 aliphatic heterocycles. The smallest absolute Gasteiger partial charge is 0.354 e. The summed E-state index contributed by atoms with van der Waals surface area (Å²) in [5.74, 6) is -1.58. The monoisotopic (exact) mass is 441 g/mol. The molecule has 0 bridgehead atoms. The van der Waals surface area contributed by atoms with Crippen LogP contribution in [0.2, 0.25) is 0 Å². The average Bonchev–Trinajstić information content (AvgIpc) is 3.28. The van der Waals surface area contributed by atoms with E-state index < -0.39 is 24.5 Å². The Balaban J connectivity index is 1.38. The third-order valence-corrected chi connectivity index (χ3v) is 5.14. The van der Waals surface area contributed by atoms with E-state index >= 15 is 0 Å². The fourth-order valence-corrected chi connectivity index (χ4v) is 3.69. The van der Waals surface area contributed by atoms with Gasteiger partial charge >= 0.3 is 6.18 Å². The molecule has 0 saturated carbocycles. The molecule has 0 atom stereocenters. The molecule has 0 saturated heterocycles. The van der Waals surface area contributed by atoms with Crippen LogP contribution >= 0.6 is 0 Å². The van der Waals surface area contributed by atoms with Gasteiger partial charge in [0.2, 0.25) is 11.7 Å². The number of imidazole rings is 1. The fraction of sp³-hybridized carbons (Fsp3) is 0.261. The Morgan fingerprint density at radius 2 is 1.78 bits per heavy atom. The summed E-state index contributed by atoms with van der Waals surface area (Å²) in [6, 6.07) is 16.0. The summed E-state index contributed by atoms with van der Waals surface area (Å²) in [5.41, 5.74) is 4.39. The second kappa shape index (κ2) is 8.49. The van der Waals surface area contributed by atoms with Crippen molar-refractivity contribution < 1.29 is 18.0 Å². The van der Waals surface area contributed by atoms with E-state index in [0.717, 1.165) is 27.2 Å². The van der Waals surface area contributed by atoms with Crippen LogP contribution in [-0.2, 0) is 23.9 Å². The van der Waals surface area contributed by atoms with Crippen molar-refractivity contribution in [2.24, 2.45) is 0 Å². The van der Waals surface area contributed by atoms with Gasteiger partial charge < -0.3 is 9.88 Å². The third kappa shape index (κ3) is 4.51. The molecule has 9 heteroatoms. The zero-order chi connectivity index (χ0) is 22.9. The van der Waals surface area contributed by atoms with Crippen molar-refractivity contribution >= 4 is 16.9 Å². The number of hydrogen-bond donors (Lipinski definition) is 1. The lowest BCUT2D eigenvalue weighted by Crippen LogP contribution is -2.31. The summed E-state index contributed by atoms with van der Waals surface area (Å²) in [6.07, 6.45) is -4.09. The molecule has 2 heterocycles. The number of aromatic nitrogens is 4. The van der Waals surface area contributed by atoms with E-state index in [1.54, 1.807) is 12.1 Å². The van der Waals surface area contributed by atoms with Crippen LogP contribution < -0.4 is 5.32 Å². The lowest BCUT2D eigenvalue weighted by molar-refractivity contribution is -0.147. The Labute approximate surface area is 182 Å². The first-order valence-corrected chi connectivity index (χ1v) is 10.1. The van der Waals surface area contributed by atoms with E-state index in [9.17, 15) is 18.0 Å². The SMILES string of the molecule is Cc1cc(C)n(-c2ccc(CCNC(=O)Cn3c(C(F)(F)F)nc4ccccc43)cc2)n1. The van der Waals surface area contributed by atoms with Crippen LogP contribution in [0.15, 0.2) is 54.6 Å². The molecule has 0 aliphatic rings. The summed E-state index contributed by atoms with van der Waals surface area (Å²) in [5, 5.41) is 7.15. The highest BCUT2D eigenvalue weighted by molar-refractivity contribution is 5.81. The Bertz CT molecular complexity index is 1260. The Kier molecular flexibility index (Phi) is 5.73. The van der Waals surface area contributed by atoms with Crippen molar-refractivity contribution in [2.75, 3.05) is 6.54 Å². The molecule has 0 aliphatic carbocycles. The van der Waals surface area contributed by atoms with Crippen molar-refractivity contribution in [3.8, 4) is 5.69 Å². The summed E-state index contributed by atoms with van der Waals surface area (Å²) < 4.78 is 42.9. The number of amides is 1.